The second-order valence-electron chi connectivity index (χ2n) is 4.54. The molecule has 0 saturated carbocycles. The van der Waals surface area contributed by atoms with Crippen LogP contribution in [-0.4, -0.2) is 13.2 Å². The van der Waals surface area contributed by atoms with E-state index in [1.54, 1.807) is 12.1 Å². The van der Waals surface area contributed by atoms with Crippen molar-refractivity contribution in [1.29, 1.82) is 0 Å². The maximum absolute atomic E-state index is 13.3. The second kappa shape index (κ2) is 5.64. The lowest BCUT2D eigenvalue weighted by molar-refractivity contribution is 0.226. The average molecular weight is 290 g/mol. The smallest absolute Gasteiger partial charge is 0.165 e. The summed E-state index contributed by atoms with van der Waals surface area (Å²) in [4.78, 5) is 0. The fourth-order valence-corrected chi connectivity index (χ4v) is 1.47. The molecule has 0 heterocycles. The molecule has 16 heavy (non-hydrogen) atoms. The Morgan fingerprint density at radius 3 is 2.75 bits per heavy atom. The lowest BCUT2D eigenvalue weighted by atomic mass is 9.90. The standard InChI is InChI=1S/C12H17BrFNO/c1-12(2,8-15)5-6-16-11-7-9(13)3-4-10(11)14/h3-4,7H,5-6,8,15H2,1-2H3. The molecule has 0 amide bonds. The van der Waals surface area contributed by atoms with E-state index in [1.807, 2.05) is 0 Å². The van der Waals surface area contributed by atoms with Crippen LogP contribution in [0.3, 0.4) is 0 Å². The van der Waals surface area contributed by atoms with Crippen molar-refractivity contribution in [3.63, 3.8) is 0 Å². The van der Waals surface area contributed by atoms with E-state index in [9.17, 15) is 4.39 Å². The van der Waals surface area contributed by atoms with Gasteiger partial charge in [-0.3, -0.25) is 0 Å². The van der Waals surface area contributed by atoms with Crippen LogP contribution in [0.15, 0.2) is 22.7 Å². The van der Waals surface area contributed by atoms with Gasteiger partial charge in [-0.1, -0.05) is 29.8 Å². The minimum atomic E-state index is -0.339. The zero-order valence-electron chi connectivity index (χ0n) is 9.59. The largest absolute Gasteiger partial charge is 0.490 e. The van der Waals surface area contributed by atoms with Crippen LogP contribution in [0.4, 0.5) is 4.39 Å². The Hall–Kier alpha value is -0.610. The minimum absolute atomic E-state index is 0.0302. The fourth-order valence-electron chi connectivity index (χ4n) is 1.13. The van der Waals surface area contributed by atoms with Gasteiger partial charge in [-0.05, 0) is 36.6 Å². The third-order valence-electron chi connectivity index (χ3n) is 2.48. The fraction of sp³-hybridized carbons (Fsp3) is 0.500. The van der Waals surface area contributed by atoms with Gasteiger partial charge >= 0.3 is 0 Å². The van der Waals surface area contributed by atoms with Gasteiger partial charge in [0.1, 0.15) is 0 Å². The summed E-state index contributed by atoms with van der Waals surface area (Å²) in [6.45, 7) is 5.19. The summed E-state index contributed by atoms with van der Waals surface area (Å²) >= 11 is 3.27. The van der Waals surface area contributed by atoms with Gasteiger partial charge in [0.05, 0.1) is 6.61 Å². The molecule has 1 aromatic rings. The van der Waals surface area contributed by atoms with Crippen LogP contribution in [0.2, 0.25) is 0 Å². The number of hydrogen-bond acceptors (Lipinski definition) is 2. The number of ether oxygens (including phenoxy) is 1. The summed E-state index contributed by atoms with van der Waals surface area (Å²) in [5, 5.41) is 0. The van der Waals surface area contributed by atoms with Crippen molar-refractivity contribution in [1.82, 2.24) is 0 Å². The van der Waals surface area contributed by atoms with Crippen molar-refractivity contribution in [3.05, 3.63) is 28.5 Å². The molecule has 1 rings (SSSR count). The Bertz CT molecular complexity index is 355. The van der Waals surface area contributed by atoms with Gasteiger partial charge in [-0.25, -0.2) is 4.39 Å². The van der Waals surface area contributed by atoms with Gasteiger partial charge in [0.15, 0.2) is 11.6 Å². The van der Waals surface area contributed by atoms with Crippen LogP contribution in [-0.2, 0) is 0 Å². The zero-order chi connectivity index (χ0) is 12.2. The number of hydrogen-bond donors (Lipinski definition) is 1. The predicted molar refractivity (Wildman–Crippen MR) is 67.0 cm³/mol. The highest BCUT2D eigenvalue weighted by Crippen LogP contribution is 2.24. The van der Waals surface area contributed by atoms with Crippen LogP contribution < -0.4 is 10.5 Å². The Morgan fingerprint density at radius 2 is 2.12 bits per heavy atom. The molecule has 0 fully saturated rings. The van der Waals surface area contributed by atoms with Crippen molar-refractivity contribution in [2.24, 2.45) is 11.1 Å². The van der Waals surface area contributed by atoms with Gasteiger partial charge in [-0.2, -0.15) is 0 Å². The highest BCUT2D eigenvalue weighted by atomic mass is 79.9. The molecule has 2 nitrogen and oxygen atoms in total. The van der Waals surface area contributed by atoms with E-state index in [1.165, 1.54) is 6.07 Å². The molecule has 2 N–H and O–H groups in total. The number of rotatable bonds is 5. The quantitative estimate of drug-likeness (QED) is 0.902. The van der Waals surface area contributed by atoms with Gasteiger partial charge in [0, 0.05) is 4.47 Å². The van der Waals surface area contributed by atoms with Crippen molar-refractivity contribution < 1.29 is 9.13 Å². The number of halogens is 2. The Kier molecular flexibility index (Phi) is 4.74. The number of benzene rings is 1. The molecule has 0 bridgehead atoms. The second-order valence-corrected chi connectivity index (χ2v) is 5.46. The Labute approximate surface area is 104 Å². The molecule has 0 aliphatic carbocycles. The highest BCUT2D eigenvalue weighted by Gasteiger charge is 2.15. The van der Waals surface area contributed by atoms with Crippen LogP contribution >= 0.6 is 15.9 Å². The van der Waals surface area contributed by atoms with Crippen LogP contribution in [0, 0.1) is 11.2 Å². The third-order valence-corrected chi connectivity index (χ3v) is 2.98. The van der Waals surface area contributed by atoms with Crippen molar-refractivity contribution in [3.8, 4) is 5.75 Å². The molecular weight excluding hydrogens is 273 g/mol. The highest BCUT2D eigenvalue weighted by molar-refractivity contribution is 9.10. The lowest BCUT2D eigenvalue weighted by Gasteiger charge is -2.22. The first-order valence-electron chi connectivity index (χ1n) is 5.22. The van der Waals surface area contributed by atoms with Gasteiger partial charge in [-0.15, -0.1) is 0 Å². The van der Waals surface area contributed by atoms with Crippen molar-refractivity contribution >= 4 is 15.9 Å². The molecule has 0 radical (unpaired) electrons. The summed E-state index contributed by atoms with van der Waals surface area (Å²) in [7, 11) is 0. The molecule has 0 aliphatic rings. The van der Waals surface area contributed by atoms with E-state index in [0.717, 1.165) is 10.9 Å². The summed E-state index contributed by atoms with van der Waals surface area (Å²) in [5.74, 6) is -0.0593. The van der Waals surface area contributed by atoms with Crippen molar-refractivity contribution in [2.45, 2.75) is 20.3 Å². The summed E-state index contributed by atoms with van der Waals surface area (Å²) < 4.78 is 19.5. The lowest BCUT2D eigenvalue weighted by Crippen LogP contribution is -2.25. The van der Waals surface area contributed by atoms with E-state index in [2.05, 4.69) is 29.8 Å². The molecule has 4 heteroatoms. The summed E-state index contributed by atoms with van der Waals surface area (Å²) in [6, 6.07) is 4.66. The predicted octanol–water partition coefficient (Wildman–Crippen LogP) is 3.34. The average Bonchev–Trinajstić information content (AvgIpc) is 2.23. The molecule has 1 aromatic carbocycles. The van der Waals surface area contributed by atoms with E-state index in [0.29, 0.717) is 13.2 Å². The molecule has 90 valence electrons. The molecular formula is C12H17BrFNO. The van der Waals surface area contributed by atoms with Crippen LogP contribution in [0.1, 0.15) is 20.3 Å². The van der Waals surface area contributed by atoms with E-state index in [4.69, 9.17) is 10.5 Å². The van der Waals surface area contributed by atoms with Gasteiger partial charge in [0.25, 0.3) is 0 Å². The number of nitrogens with two attached hydrogens (primary N) is 1. The first-order chi connectivity index (χ1) is 7.44. The maximum atomic E-state index is 13.3. The molecule has 0 atom stereocenters. The normalized spacial score (nSPS) is 11.6. The molecule has 0 spiro atoms. The van der Waals surface area contributed by atoms with E-state index >= 15 is 0 Å². The molecule has 0 unspecified atom stereocenters. The summed E-state index contributed by atoms with van der Waals surface area (Å²) in [5.41, 5.74) is 5.63. The van der Waals surface area contributed by atoms with E-state index < -0.39 is 0 Å². The first-order valence-corrected chi connectivity index (χ1v) is 6.02. The SMILES string of the molecule is CC(C)(CN)CCOc1cc(Br)ccc1F. The van der Waals surface area contributed by atoms with Crippen LogP contribution in [0.5, 0.6) is 5.75 Å². The molecule has 0 aromatic heterocycles. The molecule has 0 saturated heterocycles. The van der Waals surface area contributed by atoms with Crippen molar-refractivity contribution in [2.75, 3.05) is 13.2 Å². The van der Waals surface area contributed by atoms with E-state index in [-0.39, 0.29) is 17.0 Å². The Morgan fingerprint density at radius 1 is 1.44 bits per heavy atom. The van der Waals surface area contributed by atoms with Gasteiger partial charge in [0.2, 0.25) is 0 Å². The minimum Gasteiger partial charge on any atom is -0.490 e. The topological polar surface area (TPSA) is 35.2 Å². The third kappa shape index (κ3) is 4.10. The van der Waals surface area contributed by atoms with Crippen LogP contribution in [0.25, 0.3) is 0 Å². The summed E-state index contributed by atoms with van der Waals surface area (Å²) in [6.07, 6.45) is 0.801. The monoisotopic (exact) mass is 289 g/mol. The Balaban J connectivity index is 2.52. The maximum Gasteiger partial charge on any atom is 0.165 e. The van der Waals surface area contributed by atoms with Gasteiger partial charge < -0.3 is 10.5 Å². The zero-order valence-corrected chi connectivity index (χ0v) is 11.2. The first kappa shape index (κ1) is 13.5. The molecule has 0 aliphatic heterocycles.